The van der Waals surface area contributed by atoms with E-state index >= 15 is 0 Å². The molecule has 0 atom stereocenters. The highest BCUT2D eigenvalue weighted by Gasteiger charge is 2.43. The van der Waals surface area contributed by atoms with Gasteiger partial charge in [0, 0.05) is 22.1 Å². The smallest absolute Gasteiger partial charge is 0.119 e. The van der Waals surface area contributed by atoms with E-state index in [9.17, 15) is 0 Å². The summed E-state index contributed by atoms with van der Waals surface area (Å²) >= 11 is 6.46. The first kappa shape index (κ1) is 20.1. The maximum atomic E-state index is 6.46. The molecular formula is C28H26ClNSi. The van der Waals surface area contributed by atoms with Crippen molar-refractivity contribution in [2.75, 3.05) is 4.90 Å². The molecule has 1 aliphatic rings. The van der Waals surface area contributed by atoms with Crippen LogP contribution in [-0.4, -0.2) is 8.07 Å². The average Bonchev–Trinajstić information content (AvgIpc) is 3.09. The Bertz CT molecular complexity index is 1180. The quantitative estimate of drug-likeness (QED) is 0.293. The Morgan fingerprint density at radius 3 is 1.68 bits per heavy atom. The standard InChI is InChI=1S/C28H26ClNSi/c1-3-31(4-2)27-19-21(29)15-17-25(27)26-18-16-24(20-28(26)31)30(22-11-7-5-8-12-22)23-13-9-6-10-14-23/h5-20H,3-4H2,1-2H3. The summed E-state index contributed by atoms with van der Waals surface area (Å²) < 4.78 is 0. The van der Waals surface area contributed by atoms with Crippen molar-refractivity contribution in [3.8, 4) is 11.1 Å². The van der Waals surface area contributed by atoms with Gasteiger partial charge in [0.2, 0.25) is 0 Å². The summed E-state index contributed by atoms with van der Waals surface area (Å²) in [5.74, 6) is 0. The monoisotopic (exact) mass is 439 g/mol. The summed E-state index contributed by atoms with van der Waals surface area (Å²) in [4.78, 5) is 2.36. The number of anilines is 3. The van der Waals surface area contributed by atoms with Gasteiger partial charge in [-0.1, -0.05) is 86.1 Å². The molecule has 0 saturated carbocycles. The number of halogens is 1. The molecular weight excluding hydrogens is 414 g/mol. The van der Waals surface area contributed by atoms with E-state index in [1.54, 1.807) is 5.19 Å². The largest absolute Gasteiger partial charge is 0.311 e. The van der Waals surface area contributed by atoms with Crippen molar-refractivity contribution in [1.82, 2.24) is 0 Å². The van der Waals surface area contributed by atoms with Crippen molar-refractivity contribution in [2.24, 2.45) is 0 Å². The second-order valence-electron chi connectivity index (χ2n) is 8.22. The van der Waals surface area contributed by atoms with Crippen molar-refractivity contribution < 1.29 is 0 Å². The molecule has 4 aromatic rings. The fourth-order valence-electron chi connectivity index (χ4n) is 5.21. The van der Waals surface area contributed by atoms with Crippen LogP contribution in [0.5, 0.6) is 0 Å². The number of benzene rings is 4. The summed E-state index contributed by atoms with van der Waals surface area (Å²) in [6.07, 6.45) is 0. The van der Waals surface area contributed by atoms with Crippen LogP contribution in [0.4, 0.5) is 17.1 Å². The van der Waals surface area contributed by atoms with Gasteiger partial charge in [-0.25, -0.2) is 0 Å². The van der Waals surface area contributed by atoms with Crippen LogP contribution in [-0.2, 0) is 0 Å². The fraction of sp³-hybridized carbons (Fsp3) is 0.143. The van der Waals surface area contributed by atoms with Gasteiger partial charge in [0.1, 0.15) is 8.07 Å². The number of para-hydroxylation sites is 2. The molecule has 0 aliphatic carbocycles. The lowest BCUT2D eigenvalue weighted by molar-refractivity contribution is 1.28. The molecule has 0 N–H and O–H groups in total. The van der Waals surface area contributed by atoms with E-state index in [0.717, 1.165) is 5.02 Å². The molecule has 0 bridgehead atoms. The van der Waals surface area contributed by atoms with Gasteiger partial charge < -0.3 is 4.90 Å². The Hall–Kier alpha value is -2.81. The fourth-order valence-corrected chi connectivity index (χ4v) is 10.1. The lowest BCUT2D eigenvalue weighted by atomic mass is 10.0. The van der Waals surface area contributed by atoms with Gasteiger partial charge in [-0.15, -0.1) is 0 Å². The second kappa shape index (κ2) is 8.03. The number of nitrogens with zero attached hydrogens (tertiary/aromatic N) is 1. The van der Waals surface area contributed by atoms with Gasteiger partial charge in [-0.05, 0) is 70.0 Å². The maximum absolute atomic E-state index is 6.46. The van der Waals surface area contributed by atoms with E-state index in [1.165, 1.54) is 45.5 Å². The van der Waals surface area contributed by atoms with E-state index < -0.39 is 8.07 Å². The second-order valence-corrected chi connectivity index (χ2v) is 13.3. The molecule has 0 fully saturated rings. The molecule has 1 nitrogen and oxygen atoms in total. The number of hydrogen-bond acceptors (Lipinski definition) is 1. The molecule has 31 heavy (non-hydrogen) atoms. The summed E-state index contributed by atoms with van der Waals surface area (Å²) in [6, 6.07) is 37.2. The van der Waals surface area contributed by atoms with Crippen molar-refractivity contribution in [2.45, 2.75) is 25.9 Å². The van der Waals surface area contributed by atoms with E-state index in [2.05, 4.69) is 110 Å². The lowest BCUT2D eigenvalue weighted by Gasteiger charge is -2.30. The third-order valence-electron chi connectivity index (χ3n) is 6.80. The third kappa shape index (κ3) is 3.22. The zero-order chi connectivity index (χ0) is 21.4. The summed E-state index contributed by atoms with van der Waals surface area (Å²) in [5, 5.41) is 3.90. The minimum Gasteiger partial charge on any atom is -0.311 e. The molecule has 1 heterocycles. The van der Waals surface area contributed by atoms with E-state index in [1.807, 2.05) is 6.07 Å². The maximum Gasteiger partial charge on any atom is 0.119 e. The van der Waals surface area contributed by atoms with Gasteiger partial charge >= 0.3 is 0 Å². The predicted molar refractivity (Wildman–Crippen MR) is 138 cm³/mol. The Balaban J connectivity index is 1.73. The van der Waals surface area contributed by atoms with Crippen LogP contribution in [0.2, 0.25) is 17.1 Å². The minimum absolute atomic E-state index is 0.848. The Morgan fingerprint density at radius 2 is 1.13 bits per heavy atom. The minimum atomic E-state index is -1.84. The van der Waals surface area contributed by atoms with Gasteiger partial charge in [0.05, 0.1) is 0 Å². The average molecular weight is 440 g/mol. The van der Waals surface area contributed by atoms with Gasteiger partial charge in [-0.3, -0.25) is 0 Å². The van der Waals surface area contributed by atoms with Crippen molar-refractivity contribution >= 4 is 47.1 Å². The first-order valence-electron chi connectivity index (χ1n) is 11.0. The van der Waals surface area contributed by atoms with Crippen LogP contribution >= 0.6 is 11.6 Å². The normalized spacial score (nSPS) is 13.5. The number of hydrogen-bond donors (Lipinski definition) is 0. The summed E-state index contributed by atoms with van der Waals surface area (Å²) in [5.41, 5.74) is 6.34. The van der Waals surface area contributed by atoms with Crippen LogP contribution in [0.25, 0.3) is 11.1 Å². The van der Waals surface area contributed by atoms with Gasteiger partial charge in [-0.2, -0.15) is 0 Å². The SMILES string of the molecule is CC[Si]1(CC)c2cc(Cl)ccc2-c2ccc(N(c3ccccc3)c3ccccc3)cc21. The number of fused-ring (bicyclic) bond motifs is 3. The van der Waals surface area contributed by atoms with Gasteiger partial charge in [0.25, 0.3) is 0 Å². The molecule has 0 radical (unpaired) electrons. The van der Waals surface area contributed by atoms with Crippen LogP contribution in [0, 0.1) is 0 Å². The van der Waals surface area contributed by atoms with Crippen LogP contribution in [0.1, 0.15) is 13.8 Å². The first-order chi connectivity index (χ1) is 15.2. The molecule has 3 heteroatoms. The highest BCUT2D eigenvalue weighted by atomic mass is 35.5. The Morgan fingerprint density at radius 1 is 0.613 bits per heavy atom. The molecule has 0 saturated heterocycles. The zero-order valence-electron chi connectivity index (χ0n) is 18.0. The van der Waals surface area contributed by atoms with Crippen LogP contribution < -0.4 is 15.3 Å². The summed E-state index contributed by atoms with van der Waals surface area (Å²) in [6.45, 7) is 4.71. The van der Waals surface area contributed by atoms with Crippen molar-refractivity contribution in [3.05, 3.63) is 102 Å². The molecule has 0 unspecified atom stereocenters. The highest BCUT2D eigenvalue weighted by Crippen LogP contribution is 2.39. The van der Waals surface area contributed by atoms with Crippen LogP contribution in [0.15, 0.2) is 97.1 Å². The Labute approximate surface area is 191 Å². The topological polar surface area (TPSA) is 3.24 Å². The molecule has 0 amide bonds. The number of rotatable bonds is 5. The molecule has 0 spiro atoms. The van der Waals surface area contributed by atoms with Crippen LogP contribution in [0.3, 0.4) is 0 Å². The molecule has 5 rings (SSSR count). The molecule has 0 aromatic heterocycles. The first-order valence-corrected chi connectivity index (χ1v) is 13.8. The lowest BCUT2D eigenvalue weighted by Crippen LogP contribution is -2.54. The van der Waals surface area contributed by atoms with E-state index in [4.69, 9.17) is 11.6 Å². The Kier molecular flexibility index (Phi) is 5.21. The molecule has 154 valence electrons. The third-order valence-corrected chi connectivity index (χ3v) is 12.3. The van der Waals surface area contributed by atoms with E-state index in [-0.39, 0.29) is 0 Å². The zero-order valence-corrected chi connectivity index (χ0v) is 19.7. The van der Waals surface area contributed by atoms with Gasteiger partial charge in [0.15, 0.2) is 0 Å². The molecule has 1 aliphatic heterocycles. The molecule has 4 aromatic carbocycles. The van der Waals surface area contributed by atoms with Crippen molar-refractivity contribution in [1.29, 1.82) is 0 Å². The predicted octanol–water partition coefficient (Wildman–Crippen LogP) is 7.39. The highest BCUT2D eigenvalue weighted by molar-refractivity contribution is 7.05. The summed E-state index contributed by atoms with van der Waals surface area (Å²) in [7, 11) is -1.84. The van der Waals surface area contributed by atoms with Crippen molar-refractivity contribution in [3.63, 3.8) is 0 Å². The van der Waals surface area contributed by atoms with E-state index in [0.29, 0.717) is 0 Å².